The van der Waals surface area contributed by atoms with Gasteiger partial charge in [0.2, 0.25) is 0 Å². The number of carboxylic acids is 1. The molecule has 1 fully saturated rings. The van der Waals surface area contributed by atoms with Gasteiger partial charge in [-0.05, 0) is 6.08 Å². The lowest BCUT2D eigenvalue weighted by Crippen LogP contribution is -2.19. The molecule has 1 rings (SSSR count). The first kappa shape index (κ1) is 11.4. The van der Waals surface area contributed by atoms with Crippen LogP contribution in [0, 0.1) is 28.1 Å². The van der Waals surface area contributed by atoms with E-state index >= 15 is 0 Å². The Morgan fingerprint density at radius 2 is 2.07 bits per heavy atom. The van der Waals surface area contributed by atoms with Gasteiger partial charge in [-0.25, -0.2) is 0 Å². The molecule has 5 heteroatoms. The van der Waals surface area contributed by atoms with Gasteiger partial charge in [-0.3, -0.25) is 4.79 Å². The second-order valence-corrected chi connectivity index (χ2v) is 4.89. The monoisotopic (exact) mass is 233 g/mol. The van der Waals surface area contributed by atoms with Crippen LogP contribution < -0.4 is 0 Å². The van der Waals surface area contributed by atoms with Gasteiger partial charge >= 0.3 is 5.97 Å². The van der Waals surface area contributed by atoms with Crippen molar-refractivity contribution in [3.63, 3.8) is 0 Å². The van der Waals surface area contributed by atoms with E-state index in [-0.39, 0.29) is 4.49 Å². The van der Waals surface area contributed by atoms with E-state index in [4.69, 9.17) is 33.6 Å². The van der Waals surface area contributed by atoms with Crippen molar-refractivity contribution in [3.05, 3.63) is 10.6 Å². The summed E-state index contributed by atoms with van der Waals surface area (Å²) < 4.78 is 0.00134. The van der Waals surface area contributed by atoms with Gasteiger partial charge < -0.3 is 5.11 Å². The summed E-state index contributed by atoms with van der Waals surface area (Å²) in [5.74, 6) is -1.55. The summed E-state index contributed by atoms with van der Waals surface area (Å²) in [5.41, 5.74) is -2.01. The predicted octanol–water partition coefficient (Wildman–Crippen LogP) is 2.56. The molecule has 0 aromatic rings. The molecule has 0 bridgehead atoms. The molecule has 1 N–H and O–H groups in total. The summed E-state index contributed by atoms with van der Waals surface area (Å²) >= 11 is 10.9. The zero-order valence-electron chi connectivity index (χ0n) is 7.71. The van der Waals surface area contributed by atoms with Gasteiger partial charge in [0, 0.05) is 11.3 Å². The van der Waals surface area contributed by atoms with Crippen molar-refractivity contribution in [1.29, 1.82) is 5.26 Å². The molecule has 0 aromatic carbocycles. The summed E-state index contributed by atoms with van der Waals surface area (Å²) in [4.78, 5) is 11.0. The smallest absolute Gasteiger partial charge is 0.325 e. The summed E-state index contributed by atoms with van der Waals surface area (Å²) in [5, 5.41) is 17.9. The normalized spacial score (nSPS) is 32.9. The topological polar surface area (TPSA) is 61.1 Å². The average Bonchev–Trinajstić information content (AvgIpc) is 2.48. The van der Waals surface area contributed by atoms with Crippen molar-refractivity contribution in [2.75, 3.05) is 0 Å². The molecule has 1 saturated carbocycles. The van der Waals surface area contributed by atoms with Crippen molar-refractivity contribution >= 4 is 29.2 Å². The van der Waals surface area contributed by atoms with Gasteiger partial charge in [-0.15, -0.1) is 0 Å². The number of rotatable bonds is 2. The predicted molar refractivity (Wildman–Crippen MR) is 52.7 cm³/mol. The maximum absolute atomic E-state index is 11.0. The lowest BCUT2D eigenvalue weighted by Gasteiger charge is -2.03. The second kappa shape index (κ2) is 3.15. The van der Waals surface area contributed by atoms with E-state index < -0.39 is 22.7 Å². The van der Waals surface area contributed by atoms with E-state index in [9.17, 15) is 4.79 Å². The quantitative estimate of drug-likeness (QED) is 0.798. The van der Waals surface area contributed by atoms with E-state index in [0.29, 0.717) is 0 Å². The number of nitrogens with zero attached hydrogens (tertiary/aromatic N) is 1. The Balaban J connectivity index is 3.12. The third kappa shape index (κ3) is 1.22. The van der Waals surface area contributed by atoms with Gasteiger partial charge in [-0.2, -0.15) is 5.26 Å². The minimum atomic E-state index is -1.39. The van der Waals surface area contributed by atoms with Crippen LogP contribution in [0.25, 0.3) is 0 Å². The van der Waals surface area contributed by atoms with Crippen molar-refractivity contribution < 1.29 is 9.90 Å². The molecule has 0 aromatic heterocycles. The Labute approximate surface area is 91.9 Å². The van der Waals surface area contributed by atoms with Crippen LogP contribution in [-0.2, 0) is 4.79 Å². The summed E-state index contributed by atoms with van der Waals surface area (Å²) in [6, 6.07) is 1.84. The van der Waals surface area contributed by atoms with E-state index in [0.717, 1.165) is 0 Å². The van der Waals surface area contributed by atoms with E-state index in [1.807, 2.05) is 6.07 Å². The first-order chi connectivity index (χ1) is 6.30. The highest BCUT2D eigenvalue weighted by molar-refractivity contribution is 6.55. The number of allylic oxidation sites excluding steroid dienone is 1. The third-order valence-corrected chi connectivity index (χ3v) is 3.24. The molecule has 2 atom stereocenters. The summed E-state index contributed by atoms with van der Waals surface area (Å²) in [6.07, 6.45) is 1.42. The highest BCUT2D eigenvalue weighted by atomic mass is 35.5. The van der Waals surface area contributed by atoms with Gasteiger partial charge in [0.15, 0.2) is 5.41 Å². The number of hydrogen-bond acceptors (Lipinski definition) is 2. The average molecular weight is 234 g/mol. The number of halogens is 2. The van der Waals surface area contributed by atoms with Gasteiger partial charge in [0.25, 0.3) is 0 Å². The first-order valence-corrected chi connectivity index (χ1v) is 4.73. The molecule has 1 aliphatic carbocycles. The Morgan fingerprint density at radius 1 is 1.57 bits per heavy atom. The lowest BCUT2D eigenvalue weighted by molar-refractivity contribution is -0.142. The van der Waals surface area contributed by atoms with Crippen molar-refractivity contribution in [2.45, 2.75) is 13.8 Å². The highest BCUT2D eigenvalue weighted by Crippen LogP contribution is 2.69. The number of carbonyl (C=O) groups is 1. The summed E-state index contributed by atoms with van der Waals surface area (Å²) in [6.45, 7) is 3.42. The number of nitriles is 1. The Morgan fingerprint density at radius 3 is 2.29 bits per heavy atom. The molecule has 0 radical (unpaired) electrons. The van der Waals surface area contributed by atoms with E-state index in [1.165, 1.54) is 6.08 Å². The molecule has 0 spiro atoms. The molecular formula is C9H9Cl2NO2. The fourth-order valence-corrected chi connectivity index (χ4v) is 2.18. The molecule has 0 aliphatic heterocycles. The minimum absolute atomic E-state index is 0.00134. The van der Waals surface area contributed by atoms with Crippen molar-refractivity contribution in [2.24, 2.45) is 16.7 Å². The minimum Gasteiger partial charge on any atom is -0.480 e. The molecule has 0 heterocycles. The molecule has 0 saturated heterocycles. The van der Waals surface area contributed by atoms with Gasteiger partial charge in [0.05, 0.1) is 6.07 Å². The van der Waals surface area contributed by atoms with Crippen LogP contribution in [0.15, 0.2) is 10.6 Å². The van der Waals surface area contributed by atoms with Crippen LogP contribution >= 0.6 is 23.2 Å². The largest absolute Gasteiger partial charge is 0.480 e. The zero-order valence-corrected chi connectivity index (χ0v) is 9.23. The maximum Gasteiger partial charge on any atom is 0.325 e. The third-order valence-electron chi connectivity index (χ3n) is 2.98. The standard InChI is InChI=1S/C9H9Cl2NO2/c1-8(2)5(3-6(10)11)9(8,4-12)7(13)14/h3,5H,1-2H3,(H,13,14). The van der Waals surface area contributed by atoms with Gasteiger partial charge in [-0.1, -0.05) is 37.0 Å². The highest BCUT2D eigenvalue weighted by Gasteiger charge is 2.76. The Kier molecular flexibility index (Phi) is 2.55. The SMILES string of the molecule is CC1(C)C(C=C(Cl)Cl)C1(C#N)C(=O)O. The summed E-state index contributed by atoms with van der Waals surface area (Å²) in [7, 11) is 0. The zero-order chi connectivity index (χ0) is 11.1. The van der Waals surface area contributed by atoms with Crippen molar-refractivity contribution in [3.8, 4) is 6.07 Å². The number of aliphatic carboxylic acids is 1. The Bertz CT molecular complexity index is 352. The molecule has 2 unspecified atom stereocenters. The molecule has 1 aliphatic rings. The number of hydrogen-bond donors (Lipinski definition) is 1. The molecule has 3 nitrogen and oxygen atoms in total. The van der Waals surface area contributed by atoms with Gasteiger partial charge in [0.1, 0.15) is 4.49 Å². The molecular weight excluding hydrogens is 225 g/mol. The van der Waals surface area contributed by atoms with Crippen LogP contribution in [-0.4, -0.2) is 11.1 Å². The van der Waals surface area contributed by atoms with Crippen molar-refractivity contribution in [1.82, 2.24) is 0 Å². The second-order valence-electron chi connectivity index (χ2n) is 3.88. The van der Waals surface area contributed by atoms with E-state index in [2.05, 4.69) is 0 Å². The Hall–Kier alpha value is -0.720. The number of carboxylic acid groups (broad SMARTS) is 1. The van der Waals surface area contributed by atoms with Crippen LogP contribution in [0.2, 0.25) is 0 Å². The van der Waals surface area contributed by atoms with Crippen LogP contribution in [0.1, 0.15) is 13.8 Å². The van der Waals surface area contributed by atoms with Crippen LogP contribution in [0.5, 0.6) is 0 Å². The fraction of sp³-hybridized carbons (Fsp3) is 0.556. The molecule has 14 heavy (non-hydrogen) atoms. The molecule has 76 valence electrons. The first-order valence-electron chi connectivity index (χ1n) is 3.98. The van der Waals surface area contributed by atoms with E-state index in [1.54, 1.807) is 13.8 Å². The van der Waals surface area contributed by atoms with Crippen LogP contribution in [0.4, 0.5) is 0 Å². The fourth-order valence-electron chi connectivity index (χ4n) is 1.93. The lowest BCUT2D eigenvalue weighted by atomic mass is 9.98. The molecule has 0 amide bonds. The van der Waals surface area contributed by atoms with Crippen LogP contribution in [0.3, 0.4) is 0 Å². The maximum atomic E-state index is 11.0.